The number of amides is 1. The van der Waals surface area contributed by atoms with Gasteiger partial charge in [-0.05, 0) is 35.0 Å². The third-order valence-electron chi connectivity index (χ3n) is 4.02. The standard InChI is InChI=1S/C19H15N3O2/c23-18(12-22-17-8-4-3-7-16(17)21-19(22)24)20-15-10-9-13-5-1-2-6-14(13)11-15/h1-11H,12H2,(H,20,23)(H,21,24). The van der Waals surface area contributed by atoms with Gasteiger partial charge in [-0.1, -0.05) is 42.5 Å². The van der Waals surface area contributed by atoms with E-state index < -0.39 is 0 Å². The molecule has 0 radical (unpaired) electrons. The quantitative estimate of drug-likeness (QED) is 0.609. The van der Waals surface area contributed by atoms with Crippen LogP contribution in [0.5, 0.6) is 0 Å². The van der Waals surface area contributed by atoms with Crippen LogP contribution in [0, 0.1) is 0 Å². The summed E-state index contributed by atoms with van der Waals surface area (Å²) < 4.78 is 1.44. The predicted molar refractivity (Wildman–Crippen MR) is 95.1 cm³/mol. The number of aromatic nitrogens is 2. The average Bonchev–Trinajstić information content (AvgIpc) is 2.90. The van der Waals surface area contributed by atoms with E-state index in [-0.39, 0.29) is 18.1 Å². The van der Waals surface area contributed by atoms with Gasteiger partial charge in [-0.15, -0.1) is 0 Å². The molecule has 0 atom stereocenters. The molecular weight excluding hydrogens is 302 g/mol. The van der Waals surface area contributed by atoms with E-state index in [0.717, 1.165) is 21.8 Å². The zero-order valence-electron chi connectivity index (χ0n) is 12.8. The minimum atomic E-state index is -0.287. The van der Waals surface area contributed by atoms with Crippen molar-refractivity contribution in [3.05, 3.63) is 77.2 Å². The maximum absolute atomic E-state index is 12.3. The first-order valence-corrected chi connectivity index (χ1v) is 7.67. The van der Waals surface area contributed by atoms with Crippen LogP contribution in [-0.2, 0) is 11.3 Å². The Morgan fingerprint density at radius 3 is 2.58 bits per heavy atom. The maximum Gasteiger partial charge on any atom is 0.326 e. The highest BCUT2D eigenvalue weighted by molar-refractivity contribution is 5.94. The van der Waals surface area contributed by atoms with Crippen molar-refractivity contribution in [3.8, 4) is 0 Å². The van der Waals surface area contributed by atoms with Gasteiger partial charge in [-0.2, -0.15) is 0 Å². The summed E-state index contributed by atoms with van der Waals surface area (Å²) in [6.45, 7) is -0.0321. The summed E-state index contributed by atoms with van der Waals surface area (Å²) >= 11 is 0. The zero-order chi connectivity index (χ0) is 16.5. The lowest BCUT2D eigenvalue weighted by atomic mass is 10.1. The molecule has 0 aliphatic carbocycles. The Morgan fingerprint density at radius 1 is 0.958 bits per heavy atom. The molecule has 1 amide bonds. The Balaban J connectivity index is 1.59. The Labute approximate surface area is 137 Å². The van der Waals surface area contributed by atoms with E-state index in [1.165, 1.54) is 4.57 Å². The molecule has 24 heavy (non-hydrogen) atoms. The fraction of sp³-hybridized carbons (Fsp3) is 0.0526. The Hall–Kier alpha value is -3.34. The van der Waals surface area contributed by atoms with Crippen molar-refractivity contribution in [2.24, 2.45) is 0 Å². The lowest BCUT2D eigenvalue weighted by molar-refractivity contribution is -0.116. The second-order valence-electron chi connectivity index (χ2n) is 5.64. The molecule has 0 aliphatic heterocycles. The SMILES string of the molecule is O=C(Cn1c(=O)[nH]c2ccccc21)Nc1ccc2ccccc2c1. The number of para-hydroxylation sites is 2. The van der Waals surface area contributed by atoms with Gasteiger partial charge < -0.3 is 10.3 Å². The first kappa shape index (κ1) is 14.3. The molecule has 4 rings (SSSR count). The first-order chi connectivity index (χ1) is 11.7. The number of aromatic amines is 1. The van der Waals surface area contributed by atoms with Crippen LogP contribution in [0.3, 0.4) is 0 Å². The zero-order valence-corrected chi connectivity index (χ0v) is 12.8. The summed E-state index contributed by atoms with van der Waals surface area (Å²) in [4.78, 5) is 27.1. The summed E-state index contributed by atoms with van der Waals surface area (Å²) in [5, 5.41) is 5.02. The lowest BCUT2D eigenvalue weighted by Crippen LogP contribution is -2.25. The molecular formula is C19H15N3O2. The molecule has 0 spiro atoms. The fourth-order valence-electron chi connectivity index (χ4n) is 2.87. The molecule has 0 unspecified atom stereocenters. The number of carbonyl (C=O) groups is 1. The summed E-state index contributed by atoms with van der Waals surface area (Å²) in [6.07, 6.45) is 0. The van der Waals surface area contributed by atoms with E-state index in [0.29, 0.717) is 5.69 Å². The van der Waals surface area contributed by atoms with Gasteiger partial charge in [0.25, 0.3) is 0 Å². The number of hydrogen-bond acceptors (Lipinski definition) is 2. The largest absolute Gasteiger partial charge is 0.326 e. The van der Waals surface area contributed by atoms with Gasteiger partial charge >= 0.3 is 5.69 Å². The summed E-state index contributed by atoms with van der Waals surface area (Å²) in [6, 6.07) is 21.0. The minimum Gasteiger partial charge on any atom is -0.325 e. The van der Waals surface area contributed by atoms with Crippen molar-refractivity contribution in [1.29, 1.82) is 0 Å². The van der Waals surface area contributed by atoms with Gasteiger partial charge in [0.05, 0.1) is 11.0 Å². The second-order valence-corrected chi connectivity index (χ2v) is 5.64. The number of nitrogens with one attached hydrogen (secondary N) is 2. The van der Waals surface area contributed by atoms with E-state index in [1.807, 2.05) is 66.7 Å². The van der Waals surface area contributed by atoms with Gasteiger partial charge in [-0.3, -0.25) is 9.36 Å². The number of anilines is 1. The van der Waals surface area contributed by atoms with Crippen LogP contribution in [-0.4, -0.2) is 15.5 Å². The van der Waals surface area contributed by atoms with Crippen molar-refractivity contribution in [2.45, 2.75) is 6.54 Å². The van der Waals surface area contributed by atoms with Crippen molar-refractivity contribution in [2.75, 3.05) is 5.32 Å². The van der Waals surface area contributed by atoms with Crippen LogP contribution < -0.4 is 11.0 Å². The Morgan fingerprint density at radius 2 is 1.71 bits per heavy atom. The molecule has 1 heterocycles. The fourth-order valence-corrected chi connectivity index (χ4v) is 2.87. The molecule has 1 aromatic heterocycles. The summed E-state index contributed by atoms with van der Waals surface area (Å²) in [5.74, 6) is -0.239. The van der Waals surface area contributed by atoms with Crippen LogP contribution >= 0.6 is 0 Å². The Kier molecular flexibility index (Phi) is 3.39. The average molecular weight is 317 g/mol. The van der Waals surface area contributed by atoms with E-state index in [9.17, 15) is 9.59 Å². The third kappa shape index (κ3) is 2.56. The number of hydrogen-bond donors (Lipinski definition) is 2. The molecule has 0 bridgehead atoms. The van der Waals surface area contributed by atoms with Crippen LogP contribution in [0.25, 0.3) is 21.8 Å². The van der Waals surface area contributed by atoms with Crippen LogP contribution in [0.1, 0.15) is 0 Å². The van der Waals surface area contributed by atoms with Crippen LogP contribution in [0.4, 0.5) is 5.69 Å². The first-order valence-electron chi connectivity index (χ1n) is 7.67. The highest BCUT2D eigenvalue weighted by Crippen LogP contribution is 2.19. The van der Waals surface area contributed by atoms with E-state index in [2.05, 4.69) is 10.3 Å². The summed E-state index contributed by atoms with van der Waals surface area (Å²) in [7, 11) is 0. The molecule has 0 saturated carbocycles. The van der Waals surface area contributed by atoms with Gasteiger partial charge in [0.15, 0.2) is 0 Å². The van der Waals surface area contributed by atoms with E-state index >= 15 is 0 Å². The molecule has 5 heteroatoms. The van der Waals surface area contributed by atoms with Gasteiger partial charge in [-0.25, -0.2) is 4.79 Å². The van der Waals surface area contributed by atoms with Crippen LogP contribution in [0.15, 0.2) is 71.5 Å². The topological polar surface area (TPSA) is 66.9 Å². The molecule has 3 aromatic carbocycles. The number of imidazole rings is 1. The van der Waals surface area contributed by atoms with Crippen molar-refractivity contribution in [3.63, 3.8) is 0 Å². The number of benzene rings is 3. The number of nitrogens with zero attached hydrogens (tertiary/aromatic N) is 1. The van der Waals surface area contributed by atoms with Crippen LogP contribution in [0.2, 0.25) is 0 Å². The smallest absolute Gasteiger partial charge is 0.325 e. The molecule has 118 valence electrons. The predicted octanol–water partition coefficient (Wildman–Crippen LogP) is 3.12. The van der Waals surface area contributed by atoms with Crippen molar-refractivity contribution >= 4 is 33.4 Å². The van der Waals surface area contributed by atoms with Gasteiger partial charge in [0.2, 0.25) is 5.91 Å². The van der Waals surface area contributed by atoms with E-state index in [4.69, 9.17) is 0 Å². The highest BCUT2D eigenvalue weighted by atomic mass is 16.2. The number of rotatable bonds is 3. The molecule has 0 aliphatic rings. The van der Waals surface area contributed by atoms with Gasteiger partial charge in [0, 0.05) is 5.69 Å². The van der Waals surface area contributed by atoms with Crippen molar-refractivity contribution in [1.82, 2.24) is 9.55 Å². The monoisotopic (exact) mass is 317 g/mol. The van der Waals surface area contributed by atoms with Gasteiger partial charge in [0.1, 0.15) is 6.54 Å². The Bertz CT molecular complexity index is 1110. The number of carbonyl (C=O) groups excluding carboxylic acids is 1. The third-order valence-corrected chi connectivity index (χ3v) is 4.02. The summed E-state index contributed by atoms with van der Waals surface area (Å²) in [5.41, 5.74) is 1.87. The highest BCUT2D eigenvalue weighted by Gasteiger charge is 2.10. The normalized spacial score (nSPS) is 11.0. The second kappa shape index (κ2) is 5.70. The van der Waals surface area contributed by atoms with E-state index in [1.54, 1.807) is 0 Å². The maximum atomic E-state index is 12.3. The molecule has 4 aromatic rings. The number of H-pyrrole nitrogens is 1. The van der Waals surface area contributed by atoms with Crippen molar-refractivity contribution < 1.29 is 4.79 Å². The molecule has 0 saturated heterocycles. The molecule has 2 N–H and O–H groups in total. The number of fused-ring (bicyclic) bond motifs is 2. The molecule has 0 fully saturated rings. The lowest BCUT2D eigenvalue weighted by Gasteiger charge is -2.07. The minimum absolute atomic E-state index is 0.0321. The molecule has 5 nitrogen and oxygen atoms in total.